The quantitative estimate of drug-likeness (QED) is 0.0163. The standard InChI is InChI=1S/C27H29ClN10O8S2/c1-15(13-29-2)30-26-32-25(28)33-27(34-26)31-21-11-19(48(44,45)46)12-22(23(21)40)36-38-24(16-6-4-3-5-7-16)37-35-20-10-18(47(41,42)43)9-8-17(20)14-39/h3-12,14-15,29,36,40-43H,13H2,1-2H3,(H,44,45,46)(H2,30,31,32,33,34)/b37-35?,38-24-. The van der Waals surface area contributed by atoms with Crippen LogP contribution in [-0.4, -0.2) is 78.4 Å². The molecule has 1 unspecified atom stereocenters. The summed E-state index contributed by atoms with van der Waals surface area (Å²) in [6, 6.07) is 13.3. The second-order valence-corrected chi connectivity index (χ2v) is 13.1. The molecule has 1 heterocycles. The number of nitrogens with one attached hydrogen (secondary N) is 4. The van der Waals surface area contributed by atoms with E-state index in [1.807, 2.05) is 6.92 Å². The second-order valence-electron chi connectivity index (χ2n) is 9.79. The van der Waals surface area contributed by atoms with Crippen molar-refractivity contribution in [3.05, 3.63) is 77.1 Å². The minimum absolute atomic E-state index is 0.00554. The molecule has 4 aromatic rings. The molecule has 0 bridgehead atoms. The van der Waals surface area contributed by atoms with Crippen molar-refractivity contribution in [1.82, 2.24) is 20.3 Å². The van der Waals surface area contributed by atoms with E-state index in [1.54, 1.807) is 37.4 Å². The molecule has 21 heteroatoms. The van der Waals surface area contributed by atoms with Crippen LogP contribution in [0.1, 0.15) is 22.8 Å². The summed E-state index contributed by atoms with van der Waals surface area (Å²) in [6.07, 6.45) is 0.438. The number of anilines is 4. The molecule has 9 N–H and O–H groups in total. The van der Waals surface area contributed by atoms with Gasteiger partial charge in [0.25, 0.3) is 10.1 Å². The highest BCUT2D eigenvalue weighted by Gasteiger charge is 2.20. The summed E-state index contributed by atoms with van der Waals surface area (Å²) < 4.78 is 63.1. The molecular weight excluding hydrogens is 692 g/mol. The fourth-order valence-corrected chi connectivity index (χ4v) is 5.15. The Labute approximate surface area is 280 Å². The van der Waals surface area contributed by atoms with Crippen LogP contribution in [0.4, 0.5) is 29.0 Å². The van der Waals surface area contributed by atoms with Crippen LogP contribution in [-0.2, 0) is 10.1 Å². The molecule has 0 aliphatic heterocycles. The van der Waals surface area contributed by atoms with Gasteiger partial charge in [-0.05, 0) is 55.9 Å². The molecule has 1 aromatic heterocycles. The van der Waals surface area contributed by atoms with Crippen LogP contribution in [0.25, 0.3) is 0 Å². The molecule has 0 spiro atoms. The summed E-state index contributed by atoms with van der Waals surface area (Å²) in [6.45, 7) is 2.41. The maximum absolute atomic E-state index is 12.2. The van der Waals surface area contributed by atoms with Crippen molar-refractivity contribution in [2.24, 2.45) is 15.3 Å². The predicted molar refractivity (Wildman–Crippen MR) is 180 cm³/mol. The number of hydrogen-bond donors (Lipinski definition) is 9. The minimum atomic E-state index is -4.83. The van der Waals surface area contributed by atoms with Crippen LogP contribution in [0, 0.1) is 0 Å². The molecule has 254 valence electrons. The summed E-state index contributed by atoms with van der Waals surface area (Å²) in [7, 11) is -7.20. The van der Waals surface area contributed by atoms with Crippen LogP contribution >= 0.6 is 22.5 Å². The average molecular weight is 721 g/mol. The molecule has 0 saturated heterocycles. The number of aromatic nitrogens is 3. The number of azo groups is 1. The van der Waals surface area contributed by atoms with E-state index in [9.17, 15) is 36.5 Å². The lowest BCUT2D eigenvalue weighted by Crippen LogP contribution is -2.28. The zero-order valence-corrected chi connectivity index (χ0v) is 27.4. The average Bonchev–Trinajstić information content (AvgIpc) is 3.01. The summed E-state index contributed by atoms with van der Waals surface area (Å²) >= 11 is 6.06. The van der Waals surface area contributed by atoms with Gasteiger partial charge in [0.15, 0.2) is 12.0 Å². The highest BCUT2D eigenvalue weighted by atomic mass is 35.5. The van der Waals surface area contributed by atoms with E-state index < -0.39 is 31.6 Å². The fraction of sp³-hybridized carbons (Fsp3) is 0.148. The third-order valence-corrected chi connectivity index (χ3v) is 8.02. The largest absolute Gasteiger partial charge is 0.504 e. The highest BCUT2D eigenvalue weighted by molar-refractivity contribution is 8.19. The summed E-state index contributed by atoms with van der Waals surface area (Å²) in [5.74, 6) is -0.846. The second kappa shape index (κ2) is 15.4. The molecular formula is C27H29ClN10O8S2. The molecule has 48 heavy (non-hydrogen) atoms. The maximum Gasteiger partial charge on any atom is 0.294 e. The number of phenolic OH excluding ortho intramolecular Hbond substituents is 1. The lowest BCUT2D eigenvalue weighted by atomic mass is 10.2. The number of aromatic hydroxyl groups is 1. The number of hydrazone groups is 1. The molecule has 1 atom stereocenters. The molecule has 18 nitrogen and oxygen atoms in total. The zero-order chi connectivity index (χ0) is 35.1. The van der Waals surface area contributed by atoms with Gasteiger partial charge in [0.2, 0.25) is 23.0 Å². The first-order chi connectivity index (χ1) is 22.7. The van der Waals surface area contributed by atoms with Gasteiger partial charge in [0, 0.05) is 23.7 Å². The lowest BCUT2D eigenvalue weighted by molar-refractivity contribution is 0.112. The monoisotopic (exact) mass is 720 g/mol. The van der Waals surface area contributed by atoms with Crippen LogP contribution in [0.3, 0.4) is 0 Å². The number of nitrogens with zero attached hydrogens (tertiary/aromatic N) is 6. The van der Waals surface area contributed by atoms with Gasteiger partial charge in [-0.25, -0.2) is 0 Å². The Morgan fingerprint density at radius 1 is 0.958 bits per heavy atom. The number of hydrogen-bond acceptors (Lipinski definition) is 16. The SMILES string of the molecule is CNCC(C)Nc1nc(Cl)nc(Nc2cc(S(=O)(=O)O)cc(N/N=C(\N=Nc3cc(S(O)(O)O)ccc3C=O)c3ccccc3)c2O)n1. The van der Waals surface area contributed by atoms with E-state index in [0.717, 1.165) is 24.3 Å². The molecule has 0 saturated carbocycles. The number of amidine groups is 1. The first-order valence-electron chi connectivity index (χ1n) is 13.5. The van der Waals surface area contributed by atoms with Gasteiger partial charge < -0.3 is 34.7 Å². The number of aldehydes is 1. The van der Waals surface area contributed by atoms with Gasteiger partial charge in [-0.3, -0.25) is 14.8 Å². The van der Waals surface area contributed by atoms with Crippen LogP contribution in [0.2, 0.25) is 5.28 Å². The van der Waals surface area contributed by atoms with Crippen molar-refractivity contribution in [2.45, 2.75) is 22.8 Å². The van der Waals surface area contributed by atoms with Crippen molar-refractivity contribution < 1.29 is 36.5 Å². The van der Waals surface area contributed by atoms with Gasteiger partial charge in [0.1, 0.15) is 16.6 Å². The van der Waals surface area contributed by atoms with E-state index >= 15 is 0 Å². The van der Waals surface area contributed by atoms with Crippen molar-refractivity contribution in [3.8, 4) is 5.75 Å². The first kappa shape index (κ1) is 36.0. The van der Waals surface area contributed by atoms with Crippen molar-refractivity contribution >= 4 is 73.7 Å². The molecule has 0 fully saturated rings. The fourth-order valence-electron chi connectivity index (χ4n) is 3.93. The number of carbonyl (C=O) groups excluding carboxylic acids is 1. The molecule has 0 amide bonds. The smallest absolute Gasteiger partial charge is 0.294 e. The van der Waals surface area contributed by atoms with Crippen LogP contribution in [0.15, 0.2) is 85.8 Å². The zero-order valence-electron chi connectivity index (χ0n) is 25.0. The topological polar surface area (TPSA) is 276 Å². The lowest BCUT2D eigenvalue weighted by Gasteiger charge is -2.19. The van der Waals surface area contributed by atoms with Crippen molar-refractivity contribution in [3.63, 3.8) is 0 Å². The normalized spacial score (nSPS) is 13.3. The highest BCUT2D eigenvalue weighted by Crippen LogP contribution is 2.45. The molecule has 0 radical (unpaired) electrons. The van der Waals surface area contributed by atoms with Crippen LogP contribution < -0.4 is 21.4 Å². The van der Waals surface area contributed by atoms with Crippen molar-refractivity contribution in [1.29, 1.82) is 0 Å². The van der Waals surface area contributed by atoms with E-state index in [2.05, 4.69) is 51.7 Å². The minimum Gasteiger partial charge on any atom is -0.504 e. The van der Waals surface area contributed by atoms with E-state index in [4.69, 9.17) is 11.6 Å². The Bertz CT molecular complexity index is 1960. The summed E-state index contributed by atoms with van der Waals surface area (Å²) in [5, 5.41) is 31.7. The van der Waals surface area contributed by atoms with Gasteiger partial charge >= 0.3 is 0 Å². The van der Waals surface area contributed by atoms with Gasteiger partial charge in [0.05, 0.1) is 21.2 Å². The molecule has 0 aliphatic carbocycles. The number of carbonyl (C=O) groups is 1. The summed E-state index contributed by atoms with van der Waals surface area (Å²) in [4.78, 5) is 22.8. The van der Waals surface area contributed by atoms with E-state index in [0.29, 0.717) is 18.4 Å². The Balaban J connectivity index is 1.75. The van der Waals surface area contributed by atoms with Gasteiger partial charge in [-0.2, -0.15) is 28.5 Å². The predicted octanol–water partition coefficient (Wildman–Crippen LogP) is 5.19. The van der Waals surface area contributed by atoms with E-state index in [1.165, 1.54) is 6.07 Å². The Morgan fingerprint density at radius 2 is 1.65 bits per heavy atom. The van der Waals surface area contributed by atoms with Crippen LogP contribution in [0.5, 0.6) is 5.75 Å². The number of benzene rings is 3. The van der Waals surface area contributed by atoms with Crippen molar-refractivity contribution in [2.75, 3.05) is 29.7 Å². The number of rotatable bonds is 13. The molecule has 4 rings (SSSR count). The van der Waals surface area contributed by atoms with E-state index in [-0.39, 0.29) is 56.6 Å². The Hall–Kier alpha value is -4.80. The first-order valence-corrected chi connectivity index (χ1v) is 16.8. The Morgan fingerprint density at radius 3 is 2.29 bits per heavy atom. The van der Waals surface area contributed by atoms with Gasteiger partial charge in [-0.1, -0.05) is 30.3 Å². The number of phenols is 1. The number of halogens is 1. The molecule has 0 aliphatic rings. The number of likely N-dealkylation sites (N-methyl/N-ethyl adjacent to an activating group) is 1. The maximum atomic E-state index is 12.2. The Kier molecular flexibility index (Phi) is 11.6. The van der Waals surface area contributed by atoms with Gasteiger partial charge in [-0.15, -0.1) is 10.2 Å². The molecule has 3 aromatic carbocycles. The summed E-state index contributed by atoms with van der Waals surface area (Å²) in [5.41, 5.74) is 2.10. The third-order valence-electron chi connectivity index (χ3n) is 6.13. The third kappa shape index (κ3) is 9.62.